The first kappa shape index (κ1) is 10.8. The van der Waals surface area contributed by atoms with E-state index in [0.717, 1.165) is 24.5 Å². The molecule has 1 heterocycles. The van der Waals surface area contributed by atoms with Crippen LogP contribution in [0.15, 0.2) is 30.6 Å². The predicted octanol–water partition coefficient (Wildman–Crippen LogP) is 2.30. The van der Waals surface area contributed by atoms with Crippen LogP contribution in [0.3, 0.4) is 0 Å². The zero-order chi connectivity index (χ0) is 11.4. The van der Waals surface area contributed by atoms with Crippen LogP contribution in [0.2, 0.25) is 5.02 Å². The van der Waals surface area contributed by atoms with E-state index in [4.69, 9.17) is 17.3 Å². The van der Waals surface area contributed by atoms with Gasteiger partial charge in [-0.1, -0.05) is 17.7 Å². The second kappa shape index (κ2) is 4.90. The van der Waals surface area contributed by atoms with E-state index in [-0.39, 0.29) is 0 Å². The number of H-pyrrole nitrogens is 1. The molecule has 0 atom stereocenters. The van der Waals surface area contributed by atoms with E-state index < -0.39 is 0 Å². The van der Waals surface area contributed by atoms with Gasteiger partial charge in [0, 0.05) is 25.4 Å². The number of aromatic nitrogens is 2. The molecule has 0 saturated heterocycles. The highest BCUT2D eigenvalue weighted by atomic mass is 35.5. The van der Waals surface area contributed by atoms with Gasteiger partial charge in [0.1, 0.15) is 5.82 Å². The number of hydrogen-bond donors (Lipinski definition) is 3. The smallest absolute Gasteiger partial charge is 0.107 e. The summed E-state index contributed by atoms with van der Waals surface area (Å²) in [6, 6.07) is 5.55. The van der Waals surface area contributed by atoms with Crippen LogP contribution in [0, 0.1) is 0 Å². The Kier molecular flexibility index (Phi) is 3.31. The SMILES string of the molecule is Nc1c(Cl)cccc1NCCc1ncc[nH]1. The molecule has 2 aromatic rings. The molecule has 0 unspecified atom stereocenters. The lowest BCUT2D eigenvalue weighted by Gasteiger charge is -2.09. The molecule has 0 radical (unpaired) electrons. The third kappa shape index (κ3) is 2.46. The number of nitrogens with zero attached hydrogens (tertiary/aromatic N) is 1. The third-order valence-electron chi connectivity index (χ3n) is 2.29. The molecular formula is C11H13ClN4. The van der Waals surface area contributed by atoms with Crippen LogP contribution in [0.25, 0.3) is 0 Å². The Morgan fingerprint density at radius 3 is 3.06 bits per heavy atom. The summed E-state index contributed by atoms with van der Waals surface area (Å²) in [4.78, 5) is 7.18. The Hall–Kier alpha value is -1.68. The predicted molar refractivity (Wildman–Crippen MR) is 66.6 cm³/mol. The number of anilines is 2. The summed E-state index contributed by atoms with van der Waals surface area (Å²) in [5, 5.41) is 3.79. The largest absolute Gasteiger partial charge is 0.396 e. The number of nitrogens with one attached hydrogen (secondary N) is 2. The summed E-state index contributed by atoms with van der Waals surface area (Å²) in [6.07, 6.45) is 4.37. The van der Waals surface area contributed by atoms with Crippen molar-refractivity contribution >= 4 is 23.0 Å². The Balaban J connectivity index is 1.92. The fourth-order valence-electron chi connectivity index (χ4n) is 1.44. The van der Waals surface area contributed by atoms with E-state index in [1.807, 2.05) is 18.3 Å². The van der Waals surface area contributed by atoms with Crippen molar-refractivity contribution in [2.75, 3.05) is 17.6 Å². The molecule has 1 aromatic carbocycles. The first-order chi connectivity index (χ1) is 7.77. The maximum absolute atomic E-state index is 5.91. The highest BCUT2D eigenvalue weighted by Gasteiger charge is 2.02. The number of hydrogen-bond acceptors (Lipinski definition) is 3. The van der Waals surface area contributed by atoms with Gasteiger partial charge in [-0.2, -0.15) is 0 Å². The minimum Gasteiger partial charge on any atom is -0.396 e. The molecule has 0 fully saturated rings. The average molecular weight is 237 g/mol. The highest BCUT2D eigenvalue weighted by Crippen LogP contribution is 2.26. The van der Waals surface area contributed by atoms with Crippen LogP contribution < -0.4 is 11.1 Å². The Bertz CT molecular complexity index is 453. The van der Waals surface area contributed by atoms with Crippen LogP contribution >= 0.6 is 11.6 Å². The van der Waals surface area contributed by atoms with Gasteiger partial charge in [-0.15, -0.1) is 0 Å². The number of para-hydroxylation sites is 1. The van der Waals surface area contributed by atoms with Gasteiger partial charge in [-0.3, -0.25) is 0 Å². The van der Waals surface area contributed by atoms with E-state index in [0.29, 0.717) is 10.7 Å². The van der Waals surface area contributed by atoms with Crippen molar-refractivity contribution in [2.45, 2.75) is 6.42 Å². The van der Waals surface area contributed by atoms with Gasteiger partial charge in [0.25, 0.3) is 0 Å². The Labute approximate surface area is 98.8 Å². The van der Waals surface area contributed by atoms with Gasteiger partial charge in [0.2, 0.25) is 0 Å². The lowest BCUT2D eigenvalue weighted by molar-refractivity contribution is 0.928. The van der Waals surface area contributed by atoms with E-state index in [1.165, 1.54) is 0 Å². The van der Waals surface area contributed by atoms with Crippen molar-refractivity contribution < 1.29 is 0 Å². The van der Waals surface area contributed by atoms with Gasteiger partial charge in [-0.25, -0.2) is 4.98 Å². The van der Waals surface area contributed by atoms with Crippen molar-refractivity contribution in [1.82, 2.24) is 9.97 Å². The number of aromatic amines is 1. The molecule has 4 N–H and O–H groups in total. The van der Waals surface area contributed by atoms with Crippen LogP contribution in [0.4, 0.5) is 11.4 Å². The highest BCUT2D eigenvalue weighted by molar-refractivity contribution is 6.33. The second-order valence-corrected chi connectivity index (χ2v) is 3.82. The molecule has 0 bridgehead atoms. The molecule has 0 aliphatic heterocycles. The summed E-state index contributed by atoms with van der Waals surface area (Å²) >= 11 is 5.91. The maximum Gasteiger partial charge on any atom is 0.107 e. The molecule has 2 rings (SSSR count). The molecule has 16 heavy (non-hydrogen) atoms. The van der Waals surface area contributed by atoms with Crippen molar-refractivity contribution in [3.8, 4) is 0 Å². The molecular weight excluding hydrogens is 224 g/mol. The first-order valence-electron chi connectivity index (χ1n) is 5.03. The monoisotopic (exact) mass is 236 g/mol. The van der Waals surface area contributed by atoms with Crippen molar-refractivity contribution in [1.29, 1.82) is 0 Å². The van der Waals surface area contributed by atoms with Crippen molar-refractivity contribution in [3.05, 3.63) is 41.4 Å². The normalized spacial score (nSPS) is 10.3. The quantitative estimate of drug-likeness (QED) is 0.714. The number of nitrogen functional groups attached to an aromatic ring is 1. The average Bonchev–Trinajstić information content (AvgIpc) is 2.77. The molecule has 0 aliphatic carbocycles. The second-order valence-electron chi connectivity index (χ2n) is 3.41. The number of nitrogens with two attached hydrogens (primary N) is 1. The Morgan fingerprint density at radius 1 is 1.44 bits per heavy atom. The molecule has 0 spiro atoms. The molecule has 0 aliphatic rings. The molecule has 0 amide bonds. The van der Waals surface area contributed by atoms with Gasteiger partial charge in [0.05, 0.1) is 16.4 Å². The van der Waals surface area contributed by atoms with Gasteiger partial charge >= 0.3 is 0 Å². The first-order valence-corrected chi connectivity index (χ1v) is 5.41. The molecule has 5 heteroatoms. The zero-order valence-corrected chi connectivity index (χ0v) is 9.46. The van der Waals surface area contributed by atoms with Gasteiger partial charge in [0.15, 0.2) is 0 Å². The fraction of sp³-hybridized carbons (Fsp3) is 0.182. The summed E-state index contributed by atoms with van der Waals surface area (Å²) in [7, 11) is 0. The zero-order valence-electron chi connectivity index (χ0n) is 8.70. The molecule has 1 aromatic heterocycles. The number of imidazole rings is 1. The van der Waals surface area contributed by atoms with Crippen LogP contribution in [0.1, 0.15) is 5.82 Å². The summed E-state index contributed by atoms with van der Waals surface area (Å²) in [5.74, 6) is 0.952. The molecule has 84 valence electrons. The van der Waals surface area contributed by atoms with Gasteiger partial charge in [-0.05, 0) is 12.1 Å². The van der Waals surface area contributed by atoms with Crippen LogP contribution in [0.5, 0.6) is 0 Å². The summed E-state index contributed by atoms with van der Waals surface area (Å²) in [5.41, 5.74) is 7.27. The van der Waals surface area contributed by atoms with Gasteiger partial charge < -0.3 is 16.0 Å². The van der Waals surface area contributed by atoms with Crippen LogP contribution in [-0.2, 0) is 6.42 Å². The van der Waals surface area contributed by atoms with E-state index in [1.54, 1.807) is 12.3 Å². The third-order valence-corrected chi connectivity index (χ3v) is 2.61. The lowest BCUT2D eigenvalue weighted by atomic mass is 10.2. The standard InChI is InChI=1S/C11H13ClN4/c12-8-2-1-3-9(11(8)13)14-5-4-10-15-6-7-16-10/h1-3,6-7,14H,4-5,13H2,(H,15,16). The number of halogens is 1. The van der Waals surface area contributed by atoms with E-state index >= 15 is 0 Å². The Morgan fingerprint density at radius 2 is 2.31 bits per heavy atom. The lowest BCUT2D eigenvalue weighted by Crippen LogP contribution is -2.07. The summed E-state index contributed by atoms with van der Waals surface area (Å²) in [6.45, 7) is 0.762. The fourth-order valence-corrected chi connectivity index (χ4v) is 1.62. The topological polar surface area (TPSA) is 66.7 Å². The minimum absolute atomic E-state index is 0.572. The van der Waals surface area contributed by atoms with E-state index in [9.17, 15) is 0 Å². The van der Waals surface area contributed by atoms with E-state index in [2.05, 4.69) is 15.3 Å². The van der Waals surface area contributed by atoms with Crippen LogP contribution in [-0.4, -0.2) is 16.5 Å². The molecule has 0 saturated carbocycles. The molecule has 4 nitrogen and oxygen atoms in total. The summed E-state index contributed by atoms with van der Waals surface area (Å²) < 4.78 is 0. The number of rotatable bonds is 4. The minimum atomic E-state index is 0.572. The maximum atomic E-state index is 5.91. The van der Waals surface area contributed by atoms with Crippen molar-refractivity contribution in [2.24, 2.45) is 0 Å². The number of benzene rings is 1. The van der Waals surface area contributed by atoms with Crippen molar-refractivity contribution in [3.63, 3.8) is 0 Å².